The summed E-state index contributed by atoms with van der Waals surface area (Å²) in [7, 11) is 0. The van der Waals surface area contributed by atoms with E-state index in [0.717, 1.165) is 5.56 Å². The van der Waals surface area contributed by atoms with E-state index in [1.54, 1.807) is 41.2 Å². The number of rotatable bonds is 2. The summed E-state index contributed by atoms with van der Waals surface area (Å²) in [4.78, 5) is 16.6. The minimum Gasteiger partial charge on any atom is -0.399 e. The quantitative estimate of drug-likeness (QED) is 0.737. The number of hydrogen-bond donors (Lipinski definition) is 1. The number of nitrogen functional groups attached to an aromatic ring is 1. The topological polar surface area (TPSA) is 60.9 Å². The van der Waals surface area contributed by atoms with Gasteiger partial charge in [-0.3, -0.25) is 9.36 Å². The third kappa shape index (κ3) is 2.38. The third-order valence-corrected chi connectivity index (χ3v) is 3.37. The van der Waals surface area contributed by atoms with Crippen LogP contribution in [0.15, 0.2) is 53.6 Å². The Labute approximate surface area is 120 Å². The van der Waals surface area contributed by atoms with Gasteiger partial charge in [-0.15, -0.1) is 0 Å². The molecular weight excluding hydrogens is 274 g/mol. The summed E-state index contributed by atoms with van der Waals surface area (Å²) >= 11 is 5.85. The number of aromatic nitrogens is 2. The number of hydrogen-bond acceptors (Lipinski definition) is 3. The van der Waals surface area contributed by atoms with Gasteiger partial charge in [0.25, 0.3) is 5.56 Å². The molecule has 5 heteroatoms. The van der Waals surface area contributed by atoms with E-state index in [0.29, 0.717) is 28.2 Å². The second-order valence-electron chi connectivity index (χ2n) is 4.58. The molecule has 100 valence electrons. The molecule has 0 fully saturated rings. The maximum Gasteiger partial charge on any atom is 0.261 e. The Bertz CT molecular complexity index is 825. The largest absolute Gasteiger partial charge is 0.399 e. The van der Waals surface area contributed by atoms with E-state index in [4.69, 9.17) is 17.3 Å². The van der Waals surface area contributed by atoms with Crippen molar-refractivity contribution in [2.45, 2.75) is 6.54 Å². The first-order chi connectivity index (χ1) is 9.63. The van der Waals surface area contributed by atoms with Gasteiger partial charge in [-0.25, -0.2) is 4.98 Å². The van der Waals surface area contributed by atoms with Crippen LogP contribution in [-0.4, -0.2) is 9.55 Å². The number of fused-ring (bicyclic) bond motifs is 1. The van der Waals surface area contributed by atoms with Gasteiger partial charge in [-0.1, -0.05) is 23.7 Å². The standard InChI is InChI=1S/C15H12ClN3O/c16-11-3-1-10(2-4-11)8-19-9-18-14-7-12(17)5-6-13(14)15(19)20/h1-7,9H,8,17H2. The fraction of sp³-hybridized carbons (Fsp3) is 0.0667. The Morgan fingerprint density at radius 2 is 1.90 bits per heavy atom. The monoisotopic (exact) mass is 285 g/mol. The lowest BCUT2D eigenvalue weighted by Crippen LogP contribution is -2.21. The van der Waals surface area contributed by atoms with Crippen molar-refractivity contribution in [3.05, 3.63) is 69.7 Å². The highest BCUT2D eigenvalue weighted by Crippen LogP contribution is 2.13. The number of nitrogens with two attached hydrogens (primary N) is 1. The molecular formula is C15H12ClN3O. The van der Waals surface area contributed by atoms with Crippen molar-refractivity contribution in [2.75, 3.05) is 5.73 Å². The molecule has 0 bridgehead atoms. The van der Waals surface area contributed by atoms with Crippen molar-refractivity contribution in [3.8, 4) is 0 Å². The molecule has 0 aliphatic carbocycles. The molecule has 20 heavy (non-hydrogen) atoms. The van der Waals surface area contributed by atoms with E-state index in [1.807, 2.05) is 12.1 Å². The molecule has 0 radical (unpaired) electrons. The van der Waals surface area contributed by atoms with Crippen LogP contribution in [0.1, 0.15) is 5.56 Å². The van der Waals surface area contributed by atoms with Gasteiger partial charge in [0.05, 0.1) is 23.8 Å². The maximum atomic E-state index is 12.4. The predicted molar refractivity (Wildman–Crippen MR) is 81.0 cm³/mol. The van der Waals surface area contributed by atoms with E-state index < -0.39 is 0 Å². The van der Waals surface area contributed by atoms with E-state index >= 15 is 0 Å². The number of nitrogens with zero attached hydrogens (tertiary/aromatic N) is 2. The minimum atomic E-state index is -0.0787. The average Bonchev–Trinajstić information content (AvgIpc) is 2.44. The molecule has 0 atom stereocenters. The summed E-state index contributed by atoms with van der Waals surface area (Å²) < 4.78 is 1.57. The lowest BCUT2D eigenvalue weighted by Gasteiger charge is -2.07. The van der Waals surface area contributed by atoms with Crippen molar-refractivity contribution < 1.29 is 0 Å². The van der Waals surface area contributed by atoms with Crippen molar-refractivity contribution >= 4 is 28.2 Å². The fourth-order valence-corrected chi connectivity index (χ4v) is 2.20. The molecule has 0 amide bonds. The zero-order chi connectivity index (χ0) is 14.1. The molecule has 0 aliphatic rings. The molecule has 1 aromatic heterocycles. The molecule has 0 aliphatic heterocycles. The highest BCUT2D eigenvalue weighted by Gasteiger charge is 2.05. The number of halogens is 1. The minimum absolute atomic E-state index is 0.0787. The lowest BCUT2D eigenvalue weighted by molar-refractivity contribution is 0.748. The van der Waals surface area contributed by atoms with Gasteiger partial charge in [-0.05, 0) is 35.9 Å². The van der Waals surface area contributed by atoms with Crippen LogP contribution in [0.3, 0.4) is 0 Å². The first-order valence-electron chi connectivity index (χ1n) is 6.12. The van der Waals surface area contributed by atoms with Gasteiger partial charge in [-0.2, -0.15) is 0 Å². The summed E-state index contributed by atoms with van der Waals surface area (Å²) in [6, 6.07) is 12.5. The van der Waals surface area contributed by atoms with E-state index in [1.165, 1.54) is 0 Å². The van der Waals surface area contributed by atoms with Crippen LogP contribution in [-0.2, 0) is 6.54 Å². The van der Waals surface area contributed by atoms with Gasteiger partial charge >= 0.3 is 0 Å². The van der Waals surface area contributed by atoms with Crippen LogP contribution in [0.5, 0.6) is 0 Å². The van der Waals surface area contributed by atoms with Crippen molar-refractivity contribution in [1.29, 1.82) is 0 Å². The summed E-state index contributed by atoms with van der Waals surface area (Å²) in [5.74, 6) is 0. The third-order valence-electron chi connectivity index (χ3n) is 3.12. The molecule has 0 unspecified atom stereocenters. The molecule has 0 saturated carbocycles. The van der Waals surface area contributed by atoms with Gasteiger partial charge in [0.15, 0.2) is 0 Å². The SMILES string of the molecule is Nc1ccc2c(=O)n(Cc3ccc(Cl)cc3)cnc2c1. The Morgan fingerprint density at radius 3 is 2.65 bits per heavy atom. The van der Waals surface area contributed by atoms with E-state index in [-0.39, 0.29) is 5.56 Å². The van der Waals surface area contributed by atoms with Crippen LogP contribution in [0.4, 0.5) is 5.69 Å². The van der Waals surface area contributed by atoms with Crippen LogP contribution in [0.25, 0.3) is 10.9 Å². The molecule has 1 heterocycles. The normalized spacial score (nSPS) is 10.8. The Morgan fingerprint density at radius 1 is 1.15 bits per heavy atom. The zero-order valence-electron chi connectivity index (χ0n) is 10.6. The Balaban J connectivity index is 2.04. The first-order valence-corrected chi connectivity index (χ1v) is 6.50. The van der Waals surface area contributed by atoms with Gasteiger partial charge < -0.3 is 5.73 Å². The van der Waals surface area contributed by atoms with Gasteiger partial charge in [0.2, 0.25) is 0 Å². The van der Waals surface area contributed by atoms with Gasteiger partial charge in [0.1, 0.15) is 0 Å². The number of anilines is 1. The first kappa shape index (κ1) is 12.7. The summed E-state index contributed by atoms with van der Waals surface area (Å²) in [5.41, 5.74) is 7.81. The molecule has 0 spiro atoms. The molecule has 3 aromatic rings. The molecule has 3 rings (SSSR count). The number of benzene rings is 2. The lowest BCUT2D eigenvalue weighted by atomic mass is 10.2. The Hall–Kier alpha value is -2.33. The Kier molecular flexibility index (Phi) is 3.16. The maximum absolute atomic E-state index is 12.4. The van der Waals surface area contributed by atoms with Crippen LogP contribution < -0.4 is 11.3 Å². The van der Waals surface area contributed by atoms with Crippen LogP contribution >= 0.6 is 11.6 Å². The van der Waals surface area contributed by atoms with Crippen LogP contribution in [0.2, 0.25) is 5.02 Å². The van der Waals surface area contributed by atoms with Crippen molar-refractivity contribution in [3.63, 3.8) is 0 Å². The van der Waals surface area contributed by atoms with Gasteiger partial charge in [0, 0.05) is 10.7 Å². The highest BCUT2D eigenvalue weighted by molar-refractivity contribution is 6.30. The van der Waals surface area contributed by atoms with Crippen molar-refractivity contribution in [1.82, 2.24) is 9.55 Å². The highest BCUT2D eigenvalue weighted by atomic mass is 35.5. The second kappa shape index (κ2) is 4.98. The van der Waals surface area contributed by atoms with Crippen molar-refractivity contribution in [2.24, 2.45) is 0 Å². The van der Waals surface area contributed by atoms with E-state index in [2.05, 4.69) is 4.98 Å². The second-order valence-corrected chi connectivity index (χ2v) is 5.02. The molecule has 2 N–H and O–H groups in total. The summed E-state index contributed by atoms with van der Waals surface area (Å²) in [6.07, 6.45) is 1.54. The summed E-state index contributed by atoms with van der Waals surface area (Å²) in [6.45, 7) is 0.462. The fourth-order valence-electron chi connectivity index (χ4n) is 2.07. The smallest absolute Gasteiger partial charge is 0.261 e. The summed E-state index contributed by atoms with van der Waals surface area (Å²) in [5, 5.41) is 1.24. The van der Waals surface area contributed by atoms with E-state index in [9.17, 15) is 4.79 Å². The molecule has 0 saturated heterocycles. The predicted octanol–water partition coefficient (Wildman–Crippen LogP) is 2.68. The zero-order valence-corrected chi connectivity index (χ0v) is 11.3. The molecule has 2 aromatic carbocycles. The molecule has 4 nitrogen and oxygen atoms in total. The van der Waals surface area contributed by atoms with Crippen LogP contribution in [0, 0.1) is 0 Å². The average molecular weight is 286 g/mol.